The van der Waals surface area contributed by atoms with Crippen molar-refractivity contribution < 1.29 is 4.52 Å². The normalized spacial score (nSPS) is 17.3. The van der Waals surface area contributed by atoms with Crippen molar-refractivity contribution in [1.82, 2.24) is 20.1 Å². The Hall–Kier alpha value is -1.89. The van der Waals surface area contributed by atoms with Crippen molar-refractivity contribution in [2.45, 2.75) is 25.3 Å². The van der Waals surface area contributed by atoms with E-state index in [0.717, 1.165) is 18.8 Å². The Morgan fingerprint density at radius 2 is 2.28 bits per heavy atom. The minimum atomic E-state index is -0.297. The first-order valence-corrected chi connectivity index (χ1v) is 6.14. The van der Waals surface area contributed by atoms with Gasteiger partial charge in [-0.1, -0.05) is 0 Å². The van der Waals surface area contributed by atoms with Crippen LogP contribution in [0.1, 0.15) is 30.5 Å². The number of aromatic nitrogens is 4. The first-order valence-electron chi connectivity index (χ1n) is 6.14. The Bertz CT molecular complexity index is 487. The molecular weight excluding hydrogens is 232 g/mol. The lowest BCUT2D eigenvalue weighted by Crippen LogP contribution is -2.19. The van der Waals surface area contributed by atoms with Gasteiger partial charge in [-0.05, 0) is 18.0 Å². The third kappa shape index (κ3) is 2.21. The molecule has 1 fully saturated rings. The molecule has 0 aromatic carbocycles. The number of hydrogen-bond donors (Lipinski definition) is 2. The summed E-state index contributed by atoms with van der Waals surface area (Å²) in [4.78, 5) is 13.4. The maximum atomic E-state index is 6.04. The summed E-state index contributed by atoms with van der Waals surface area (Å²) < 4.78 is 5.23. The molecule has 0 amide bonds. The van der Waals surface area contributed by atoms with Gasteiger partial charge in [0.25, 0.3) is 5.95 Å². The van der Waals surface area contributed by atoms with Crippen LogP contribution in [0, 0.1) is 0 Å². The summed E-state index contributed by atoms with van der Waals surface area (Å²) in [6.07, 6.45) is 6.36. The second-order valence-corrected chi connectivity index (χ2v) is 4.51. The number of nitrogens with two attached hydrogens (primary N) is 1. The molecular formula is C11H16N6O. The van der Waals surface area contributed by atoms with Crippen molar-refractivity contribution in [3.8, 4) is 0 Å². The van der Waals surface area contributed by atoms with E-state index in [2.05, 4.69) is 25.0 Å². The van der Waals surface area contributed by atoms with Crippen LogP contribution in [0.15, 0.2) is 17.0 Å². The number of hydrogen-bond acceptors (Lipinski definition) is 6. The van der Waals surface area contributed by atoms with Crippen LogP contribution < -0.4 is 10.6 Å². The summed E-state index contributed by atoms with van der Waals surface area (Å²) in [6, 6.07) is -0.297. The average molecular weight is 248 g/mol. The van der Waals surface area contributed by atoms with E-state index in [9.17, 15) is 0 Å². The van der Waals surface area contributed by atoms with Gasteiger partial charge in [0.2, 0.25) is 5.89 Å². The van der Waals surface area contributed by atoms with Crippen LogP contribution in [0.5, 0.6) is 0 Å². The lowest BCUT2D eigenvalue weighted by atomic mass is 10.2. The second kappa shape index (κ2) is 4.77. The van der Waals surface area contributed by atoms with Gasteiger partial charge in [-0.2, -0.15) is 4.98 Å². The summed E-state index contributed by atoms with van der Waals surface area (Å²) in [5.41, 5.74) is 7.00. The molecule has 0 bridgehead atoms. The standard InChI is InChI=1S/C11H16N6O/c12-9(5-8-6-13-7-14-8)10-15-11(16-18-10)17-3-1-2-4-17/h6-7,9H,1-5,12H2,(H,13,14)/t9-/m1/s1. The van der Waals surface area contributed by atoms with Crippen molar-refractivity contribution in [3.63, 3.8) is 0 Å². The Morgan fingerprint density at radius 1 is 1.44 bits per heavy atom. The van der Waals surface area contributed by atoms with Crippen LogP contribution in [0.25, 0.3) is 0 Å². The minimum absolute atomic E-state index is 0.297. The number of rotatable bonds is 4. The number of anilines is 1. The van der Waals surface area contributed by atoms with Gasteiger partial charge in [0, 0.05) is 31.4 Å². The fraction of sp³-hybridized carbons (Fsp3) is 0.545. The van der Waals surface area contributed by atoms with E-state index in [4.69, 9.17) is 10.3 Å². The molecule has 0 spiro atoms. The van der Waals surface area contributed by atoms with Gasteiger partial charge in [-0.15, -0.1) is 0 Å². The highest BCUT2D eigenvalue weighted by Crippen LogP contribution is 2.19. The maximum Gasteiger partial charge on any atom is 0.266 e. The van der Waals surface area contributed by atoms with Gasteiger partial charge >= 0.3 is 0 Å². The molecule has 1 aliphatic rings. The zero-order chi connectivity index (χ0) is 12.4. The van der Waals surface area contributed by atoms with E-state index < -0.39 is 0 Å². The highest BCUT2D eigenvalue weighted by Gasteiger charge is 2.21. The summed E-state index contributed by atoms with van der Waals surface area (Å²) in [5.74, 6) is 1.13. The molecule has 1 atom stereocenters. The lowest BCUT2D eigenvalue weighted by Gasteiger charge is -2.10. The fourth-order valence-corrected chi connectivity index (χ4v) is 2.14. The van der Waals surface area contributed by atoms with Gasteiger partial charge in [-0.25, -0.2) is 4.98 Å². The van der Waals surface area contributed by atoms with Crippen molar-refractivity contribution in [2.24, 2.45) is 5.73 Å². The third-order valence-electron chi connectivity index (χ3n) is 3.13. The molecule has 3 N–H and O–H groups in total. The number of imidazole rings is 1. The molecule has 0 radical (unpaired) electrons. The first-order chi connectivity index (χ1) is 8.83. The second-order valence-electron chi connectivity index (χ2n) is 4.51. The molecule has 0 unspecified atom stereocenters. The quantitative estimate of drug-likeness (QED) is 0.824. The van der Waals surface area contributed by atoms with Crippen molar-refractivity contribution in [2.75, 3.05) is 18.0 Å². The molecule has 1 saturated heterocycles. The van der Waals surface area contributed by atoms with Crippen LogP contribution in [-0.4, -0.2) is 33.2 Å². The van der Waals surface area contributed by atoms with Crippen LogP contribution in [0.2, 0.25) is 0 Å². The fourth-order valence-electron chi connectivity index (χ4n) is 2.14. The highest BCUT2D eigenvalue weighted by atomic mass is 16.5. The largest absolute Gasteiger partial charge is 0.348 e. The monoisotopic (exact) mass is 248 g/mol. The van der Waals surface area contributed by atoms with E-state index in [1.807, 2.05) is 0 Å². The molecule has 2 aromatic heterocycles. The SMILES string of the molecule is N[C@H](Cc1cnc[nH]1)c1nc(N2CCCC2)no1. The predicted molar refractivity (Wildman–Crippen MR) is 65.0 cm³/mol. The Kier molecular flexibility index (Phi) is 2.97. The molecule has 0 aliphatic carbocycles. The third-order valence-corrected chi connectivity index (χ3v) is 3.13. The van der Waals surface area contributed by atoms with E-state index in [-0.39, 0.29) is 6.04 Å². The number of nitrogens with zero attached hydrogens (tertiary/aromatic N) is 4. The Morgan fingerprint density at radius 3 is 3.00 bits per heavy atom. The summed E-state index contributed by atoms with van der Waals surface area (Å²) in [5, 5.41) is 3.98. The van der Waals surface area contributed by atoms with Crippen LogP contribution in [0.4, 0.5) is 5.95 Å². The zero-order valence-electron chi connectivity index (χ0n) is 10.0. The highest BCUT2D eigenvalue weighted by molar-refractivity contribution is 5.29. The molecule has 3 rings (SSSR count). The molecule has 2 aromatic rings. The topological polar surface area (TPSA) is 96.9 Å². The van der Waals surface area contributed by atoms with Gasteiger partial charge in [0.05, 0.1) is 12.4 Å². The van der Waals surface area contributed by atoms with Crippen LogP contribution in [0.3, 0.4) is 0 Å². The molecule has 18 heavy (non-hydrogen) atoms. The maximum absolute atomic E-state index is 6.04. The number of H-pyrrole nitrogens is 1. The van der Waals surface area contributed by atoms with Crippen molar-refractivity contribution >= 4 is 5.95 Å². The minimum Gasteiger partial charge on any atom is -0.348 e. The van der Waals surface area contributed by atoms with E-state index in [0.29, 0.717) is 18.3 Å². The van der Waals surface area contributed by atoms with Gasteiger partial charge in [0.1, 0.15) is 0 Å². The predicted octanol–water partition coefficient (Wildman–Crippen LogP) is 0.635. The zero-order valence-corrected chi connectivity index (χ0v) is 10.0. The Labute approximate surface area is 104 Å². The van der Waals surface area contributed by atoms with Crippen molar-refractivity contribution in [1.29, 1.82) is 0 Å². The number of nitrogens with one attached hydrogen (secondary N) is 1. The van der Waals surface area contributed by atoms with Crippen LogP contribution in [-0.2, 0) is 6.42 Å². The van der Waals surface area contributed by atoms with Gasteiger partial charge in [-0.3, -0.25) is 0 Å². The van der Waals surface area contributed by atoms with Gasteiger partial charge < -0.3 is 20.1 Å². The van der Waals surface area contributed by atoms with Crippen molar-refractivity contribution in [3.05, 3.63) is 24.1 Å². The summed E-state index contributed by atoms with van der Waals surface area (Å²) in [6.45, 7) is 1.99. The summed E-state index contributed by atoms with van der Waals surface area (Å²) >= 11 is 0. The first kappa shape index (κ1) is 11.2. The van der Waals surface area contributed by atoms with Gasteiger partial charge in [0.15, 0.2) is 0 Å². The molecule has 0 saturated carbocycles. The molecule has 3 heterocycles. The number of aromatic amines is 1. The molecule has 7 heteroatoms. The van der Waals surface area contributed by atoms with Crippen LogP contribution >= 0.6 is 0 Å². The average Bonchev–Trinajstić information content (AvgIpc) is 3.11. The molecule has 96 valence electrons. The van der Waals surface area contributed by atoms with E-state index in [1.54, 1.807) is 12.5 Å². The van der Waals surface area contributed by atoms with E-state index >= 15 is 0 Å². The molecule has 7 nitrogen and oxygen atoms in total. The summed E-state index contributed by atoms with van der Waals surface area (Å²) in [7, 11) is 0. The smallest absolute Gasteiger partial charge is 0.266 e. The lowest BCUT2D eigenvalue weighted by molar-refractivity contribution is 0.353. The Balaban J connectivity index is 1.68. The molecule has 1 aliphatic heterocycles. The van der Waals surface area contributed by atoms with E-state index in [1.165, 1.54) is 12.8 Å².